The molecular weight excluding hydrogens is 228 g/mol. The largest absolute Gasteiger partial charge is 0.366 e. The minimum atomic E-state index is -0.267. The van der Waals surface area contributed by atoms with Crippen molar-refractivity contribution in [2.75, 3.05) is 26.2 Å². The van der Waals surface area contributed by atoms with Crippen LogP contribution in [0, 0.1) is 0 Å². The summed E-state index contributed by atoms with van der Waals surface area (Å²) in [6, 6.07) is 0. The first kappa shape index (κ1) is 13.7. The lowest BCUT2D eigenvalue weighted by Crippen LogP contribution is -2.53. The van der Waals surface area contributed by atoms with Gasteiger partial charge in [-0.05, 0) is 26.7 Å². The molecule has 0 saturated carbocycles. The summed E-state index contributed by atoms with van der Waals surface area (Å²) in [5.41, 5.74) is 0.0118. The summed E-state index contributed by atoms with van der Waals surface area (Å²) in [6.45, 7) is 7.30. The predicted octanol–water partition coefficient (Wildman–Crippen LogP) is 0.798. The Morgan fingerprint density at radius 1 is 1.50 bits per heavy atom. The van der Waals surface area contributed by atoms with Gasteiger partial charge in [0.05, 0.1) is 6.61 Å². The highest BCUT2D eigenvalue weighted by atomic mass is 35.5. The van der Waals surface area contributed by atoms with E-state index in [1.807, 2.05) is 4.90 Å². The van der Waals surface area contributed by atoms with Gasteiger partial charge in [-0.1, -0.05) is 0 Å². The SMILES string of the molecule is CC1(C)CCCN1C(=O)[C@@H]1CNCCO1.Cl. The van der Waals surface area contributed by atoms with Crippen molar-refractivity contribution in [1.29, 1.82) is 0 Å². The molecule has 5 heteroatoms. The van der Waals surface area contributed by atoms with Gasteiger partial charge in [-0.2, -0.15) is 0 Å². The fourth-order valence-corrected chi connectivity index (χ4v) is 2.41. The highest BCUT2D eigenvalue weighted by Gasteiger charge is 2.38. The standard InChI is InChI=1S/C11H20N2O2.ClH/c1-11(2)4-3-6-13(11)10(14)9-8-12-5-7-15-9;/h9,12H,3-8H2,1-2H3;1H/t9-;/m0./s1. The zero-order valence-corrected chi connectivity index (χ0v) is 10.8. The molecule has 1 N–H and O–H groups in total. The van der Waals surface area contributed by atoms with E-state index in [2.05, 4.69) is 19.2 Å². The average molecular weight is 249 g/mol. The minimum absolute atomic E-state index is 0. The first-order valence-electron chi connectivity index (χ1n) is 5.75. The monoisotopic (exact) mass is 248 g/mol. The lowest BCUT2D eigenvalue weighted by atomic mass is 10.0. The summed E-state index contributed by atoms with van der Waals surface area (Å²) in [7, 11) is 0. The lowest BCUT2D eigenvalue weighted by molar-refractivity contribution is -0.148. The number of likely N-dealkylation sites (tertiary alicyclic amines) is 1. The van der Waals surface area contributed by atoms with E-state index < -0.39 is 0 Å². The summed E-state index contributed by atoms with van der Waals surface area (Å²) in [5.74, 6) is 0.157. The van der Waals surface area contributed by atoms with Crippen LogP contribution in [0.5, 0.6) is 0 Å². The second-order valence-corrected chi connectivity index (χ2v) is 4.97. The molecule has 2 saturated heterocycles. The van der Waals surface area contributed by atoms with Gasteiger partial charge in [-0.25, -0.2) is 0 Å². The number of morpholine rings is 1. The van der Waals surface area contributed by atoms with E-state index in [0.717, 1.165) is 25.9 Å². The van der Waals surface area contributed by atoms with Crippen molar-refractivity contribution in [3.05, 3.63) is 0 Å². The fourth-order valence-electron chi connectivity index (χ4n) is 2.41. The maximum absolute atomic E-state index is 12.2. The Bertz CT molecular complexity index is 252. The third kappa shape index (κ3) is 2.67. The van der Waals surface area contributed by atoms with Crippen LogP contribution in [0.3, 0.4) is 0 Å². The molecule has 0 aromatic carbocycles. The van der Waals surface area contributed by atoms with Crippen LogP contribution < -0.4 is 5.32 Å². The first-order valence-corrected chi connectivity index (χ1v) is 5.75. The molecule has 1 amide bonds. The van der Waals surface area contributed by atoms with E-state index in [1.165, 1.54) is 0 Å². The summed E-state index contributed by atoms with van der Waals surface area (Å²) < 4.78 is 5.49. The minimum Gasteiger partial charge on any atom is -0.366 e. The molecular formula is C11H21ClN2O2. The number of hydrogen-bond donors (Lipinski definition) is 1. The molecule has 0 bridgehead atoms. The van der Waals surface area contributed by atoms with Crippen molar-refractivity contribution >= 4 is 18.3 Å². The molecule has 2 heterocycles. The number of carbonyl (C=O) groups is 1. The number of nitrogens with one attached hydrogen (secondary N) is 1. The van der Waals surface area contributed by atoms with Crippen LogP contribution in [0.4, 0.5) is 0 Å². The van der Waals surface area contributed by atoms with Gasteiger partial charge in [-0.15, -0.1) is 12.4 Å². The third-order valence-corrected chi connectivity index (χ3v) is 3.37. The molecule has 0 aliphatic carbocycles. The highest BCUT2D eigenvalue weighted by Crippen LogP contribution is 2.29. The van der Waals surface area contributed by atoms with Crippen LogP contribution in [0.15, 0.2) is 0 Å². The number of carbonyl (C=O) groups excluding carboxylic acids is 1. The molecule has 2 aliphatic rings. The maximum atomic E-state index is 12.2. The van der Waals surface area contributed by atoms with Crippen molar-refractivity contribution < 1.29 is 9.53 Å². The summed E-state index contributed by atoms with van der Waals surface area (Å²) in [6.07, 6.45) is 1.94. The molecule has 0 unspecified atom stereocenters. The van der Waals surface area contributed by atoms with Crippen molar-refractivity contribution in [2.45, 2.75) is 38.3 Å². The van der Waals surface area contributed by atoms with E-state index >= 15 is 0 Å². The summed E-state index contributed by atoms with van der Waals surface area (Å²) in [5, 5.41) is 3.19. The molecule has 4 nitrogen and oxygen atoms in total. The van der Waals surface area contributed by atoms with E-state index in [1.54, 1.807) is 0 Å². The van der Waals surface area contributed by atoms with Crippen LogP contribution >= 0.6 is 12.4 Å². The molecule has 0 aromatic rings. The quantitative estimate of drug-likeness (QED) is 0.746. The van der Waals surface area contributed by atoms with Crippen LogP contribution in [0.1, 0.15) is 26.7 Å². The molecule has 2 aliphatic heterocycles. The van der Waals surface area contributed by atoms with E-state index in [4.69, 9.17) is 4.74 Å². The Morgan fingerprint density at radius 2 is 2.25 bits per heavy atom. The van der Waals surface area contributed by atoms with Crippen molar-refractivity contribution in [3.8, 4) is 0 Å². The molecule has 1 atom stereocenters. The van der Waals surface area contributed by atoms with E-state index in [0.29, 0.717) is 13.2 Å². The predicted molar refractivity (Wildman–Crippen MR) is 64.9 cm³/mol. The fraction of sp³-hybridized carbons (Fsp3) is 0.909. The van der Waals surface area contributed by atoms with Crippen LogP contribution in [0.2, 0.25) is 0 Å². The Kier molecular flexibility index (Phi) is 4.59. The number of hydrogen-bond acceptors (Lipinski definition) is 3. The Hall–Kier alpha value is -0.320. The molecule has 2 rings (SSSR count). The van der Waals surface area contributed by atoms with Gasteiger partial charge in [0.1, 0.15) is 6.10 Å². The maximum Gasteiger partial charge on any atom is 0.253 e. The smallest absolute Gasteiger partial charge is 0.253 e. The van der Waals surface area contributed by atoms with E-state index in [9.17, 15) is 4.79 Å². The van der Waals surface area contributed by atoms with Gasteiger partial charge in [0.25, 0.3) is 5.91 Å². The third-order valence-electron chi connectivity index (χ3n) is 3.37. The van der Waals surface area contributed by atoms with Crippen molar-refractivity contribution in [3.63, 3.8) is 0 Å². The van der Waals surface area contributed by atoms with E-state index in [-0.39, 0.29) is 30.0 Å². The summed E-state index contributed by atoms with van der Waals surface area (Å²) >= 11 is 0. The zero-order valence-electron chi connectivity index (χ0n) is 9.99. The van der Waals surface area contributed by atoms with Gasteiger partial charge >= 0.3 is 0 Å². The second-order valence-electron chi connectivity index (χ2n) is 4.97. The van der Waals surface area contributed by atoms with Crippen LogP contribution in [-0.4, -0.2) is 48.7 Å². The molecule has 94 valence electrons. The van der Waals surface area contributed by atoms with Gasteiger partial charge < -0.3 is 15.0 Å². The number of nitrogens with zero attached hydrogens (tertiary/aromatic N) is 1. The normalized spacial score (nSPS) is 28.6. The molecule has 0 radical (unpaired) electrons. The molecule has 16 heavy (non-hydrogen) atoms. The van der Waals surface area contributed by atoms with Gasteiger partial charge in [0, 0.05) is 25.2 Å². The second kappa shape index (κ2) is 5.34. The Balaban J connectivity index is 0.00000128. The Labute approximate surface area is 103 Å². The van der Waals surface area contributed by atoms with Crippen LogP contribution in [0.25, 0.3) is 0 Å². The zero-order chi connectivity index (χ0) is 10.9. The number of amides is 1. The Morgan fingerprint density at radius 3 is 2.75 bits per heavy atom. The van der Waals surface area contributed by atoms with Gasteiger partial charge in [0.15, 0.2) is 0 Å². The molecule has 0 spiro atoms. The topological polar surface area (TPSA) is 41.6 Å². The van der Waals surface area contributed by atoms with Crippen molar-refractivity contribution in [2.24, 2.45) is 0 Å². The first-order chi connectivity index (χ1) is 7.11. The average Bonchev–Trinajstić information content (AvgIpc) is 2.58. The number of ether oxygens (including phenoxy) is 1. The van der Waals surface area contributed by atoms with Crippen molar-refractivity contribution in [1.82, 2.24) is 10.2 Å². The lowest BCUT2D eigenvalue weighted by Gasteiger charge is -2.35. The van der Waals surface area contributed by atoms with Crippen LogP contribution in [-0.2, 0) is 9.53 Å². The summed E-state index contributed by atoms with van der Waals surface area (Å²) in [4.78, 5) is 14.2. The number of halogens is 1. The molecule has 0 aromatic heterocycles. The highest BCUT2D eigenvalue weighted by molar-refractivity contribution is 5.85. The number of rotatable bonds is 1. The van der Waals surface area contributed by atoms with Gasteiger partial charge in [0.2, 0.25) is 0 Å². The van der Waals surface area contributed by atoms with Gasteiger partial charge in [-0.3, -0.25) is 4.79 Å². The molecule has 2 fully saturated rings.